The molecule has 1 aromatic rings. The van der Waals surface area contributed by atoms with Crippen molar-refractivity contribution in [1.29, 1.82) is 0 Å². The Kier molecular flexibility index (Phi) is 15.4. The van der Waals surface area contributed by atoms with Crippen molar-refractivity contribution in [3.05, 3.63) is 70.2 Å². The normalized spacial score (nSPS) is 20.7. The minimum absolute atomic E-state index is 0.0271. The monoisotopic (exact) mass is 811 g/mol. The van der Waals surface area contributed by atoms with E-state index in [1.165, 1.54) is 54.9 Å². The lowest BCUT2D eigenvalue weighted by molar-refractivity contribution is -0.175. The first-order chi connectivity index (χ1) is 27.0. The van der Waals surface area contributed by atoms with Crippen LogP contribution in [0.5, 0.6) is 11.5 Å². The minimum atomic E-state index is -2.05. The van der Waals surface area contributed by atoms with E-state index in [2.05, 4.69) is 0 Å². The van der Waals surface area contributed by atoms with Crippen molar-refractivity contribution in [2.75, 3.05) is 14.2 Å². The molecule has 3 rings (SSSR count). The van der Waals surface area contributed by atoms with Crippen molar-refractivity contribution >= 4 is 41.2 Å². The molecular weight excluding hydrogens is 758 g/mol. The third-order valence-corrected chi connectivity index (χ3v) is 10.3. The Morgan fingerprint density at radius 1 is 0.810 bits per heavy atom. The molecule has 1 aliphatic carbocycles. The second kappa shape index (κ2) is 19.1. The number of rotatable bonds is 17. The maximum absolute atomic E-state index is 13.8. The summed E-state index contributed by atoms with van der Waals surface area (Å²) in [7, 11) is 2.66. The van der Waals surface area contributed by atoms with Crippen LogP contribution in [0.15, 0.2) is 47.9 Å². The highest BCUT2D eigenvalue weighted by Crippen LogP contribution is 2.47. The number of ether oxygens (including phenoxy) is 7. The van der Waals surface area contributed by atoms with Gasteiger partial charge in [0.25, 0.3) is 5.78 Å². The van der Waals surface area contributed by atoms with Crippen LogP contribution in [0.2, 0.25) is 0 Å². The number of hydrogen-bond donors (Lipinski definition) is 2. The number of carbonyl (C=O) groups is 7. The van der Waals surface area contributed by atoms with Crippen LogP contribution in [0.1, 0.15) is 99.0 Å². The van der Waals surface area contributed by atoms with E-state index in [4.69, 9.17) is 38.9 Å². The summed E-state index contributed by atoms with van der Waals surface area (Å²) in [6, 6.07) is 0. The third-order valence-electron chi connectivity index (χ3n) is 10.3. The zero-order valence-corrected chi connectivity index (χ0v) is 34.8. The predicted octanol–water partition coefficient (Wildman–Crippen LogP) is 4.77. The van der Waals surface area contributed by atoms with Gasteiger partial charge in [-0.25, -0.2) is 4.79 Å². The van der Waals surface area contributed by atoms with E-state index in [1.54, 1.807) is 52.8 Å². The van der Waals surface area contributed by atoms with E-state index in [0.717, 1.165) is 12.3 Å². The number of allylic oxidation sites excluding steroid dienone is 4. The van der Waals surface area contributed by atoms with Gasteiger partial charge in [0.05, 0.1) is 41.9 Å². The standard InChI is InChI=1S/C42H53NO15/c1-19(14-13-15-20(2)41(51)53-12)36(55-25(7)44)23(5)38(57-27(9)46)24(6)37(56-26(8)45)21(3)30(52-11)16-17-54-42(10)40(50)33-31-29(47)18-28(43)35(49)32(31)34(48)22(4)39(33)58-42/h13-19,21,23-24,30,36-38,48H,43H2,1-12H3/b14-13+,17-16+,20-15-/t19-,21+,23+,24-,30-,36-,37+,38+,42-/m0/s1. The largest absolute Gasteiger partial charge is 0.507 e. The lowest BCUT2D eigenvalue weighted by atomic mass is 9.78. The molecule has 1 aromatic carbocycles. The Bertz CT molecular complexity index is 1960. The molecule has 9 atom stereocenters. The molecule has 0 spiro atoms. The van der Waals surface area contributed by atoms with Gasteiger partial charge in [-0.15, -0.1) is 0 Å². The molecular formula is C42H53NO15. The molecule has 316 valence electrons. The Labute approximate surface area is 337 Å². The van der Waals surface area contributed by atoms with E-state index in [9.17, 15) is 38.7 Å². The number of benzene rings is 1. The minimum Gasteiger partial charge on any atom is -0.507 e. The number of hydrogen-bond acceptors (Lipinski definition) is 16. The van der Waals surface area contributed by atoms with E-state index >= 15 is 0 Å². The third kappa shape index (κ3) is 10.0. The number of aromatic hydroxyl groups is 1. The number of esters is 4. The molecule has 1 heterocycles. The molecule has 0 aromatic heterocycles. The highest BCUT2D eigenvalue weighted by atomic mass is 16.7. The molecule has 3 N–H and O–H groups in total. The van der Waals surface area contributed by atoms with E-state index in [-0.39, 0.29) is 28.1 Å². The highest BCUT2D eigenvalue weighted by Gasteiger charge is 2.51. The lowest BCUT2D eigenvalue weighted by Crippen LogP contribution is -2.49. The van der Waals surface area contributed by atoms with Crippen molar-refractivity contribution in [3.8, 4) is 11.5 Å². The van der Waals surface area contributed by atoms with Gasteiger partial charge in [0.2, 0.25) is 5.78 Å². The molecule has 0 radical (unpaired) electrons. The van der Waals surface area contributed by atoms with Crippen LogP contribution in [-0.4, -0.2) is 90.8 Å². The number of carbonyl (C=O) groups excluding carboxylic acids is 7. The first kappa shape index (κ1) is 46.6. The molecule has 0 bridgehead atoms. The number of phenolic OH excluding ortho intramolecular Hbond substituents is 1. The first-order valence-corrected chi connectivity index (χ1v) is 18.5. The Balaban J connectivity index is 1.95. The average molecular weight is 812 g/mol. The molecule has 2 aliphatic rings. The van der Waals surface area contributed by atoms with E-state index in [1.807, 2.05) is 0 Å². The molecule has 0 amide bonds. The van der Waals surface area contributed by atoms with Crippen molar-refractivity contribution in [2.24, 2.45) is 29.4 Å². The van der Waals surface area contributed by atoms with Crippen LogP contribution in [0.25, 0.3) is 0 Å². The topological polar surface area (TPSA) is 230 Å². The Hall–Kier alpha value is -5.77. The van der Waals surface area contributed by atoms with Gasteiger partial charge in [0, 0.05) is 75.7 Å². The molecule has 0 saturated carbocycles. The summed E-state index contributed by atoms with van der Waals surface area (Å²) in [5, 5.41) is 10.8. The zero-order chi connectivity index (χ0) is 44.0. The molecule has 0 saturated heterocycles. The van der Waals surface area contributed by atoms with Crippen LogP contribution in [0.3, 0.4) is 0 Å². The smallest absolute Gasteiger partial charge is 0.333 e. The van der Waals surface area contributed by atoms with Gasteiger partial charge in [-0.1, -0.05) is 45.9 Å². The summed E-state index contributed by atoms with van der Waals surface area (Å²) in [5.74, 6) is -10.0. The van der Waals surface area contributed by atoms with Crippen molar-refractivity contribution in [3.63, 3.8) is 0 Å². The Morgan fingerprint density at radius 2 is 1.34 bits per heavy atom. The molecule has 0 unspecified atom stereocenters. The highest BCUT2D eigenvalue weighted by molar-refractivity contribution is 6.30. The maximum atomic E-state index is 13.8. The number of Topliss-reactive ketones (excluding diaryl/α,β-unsaturated/α-hetero) is 2. The molecule has 1 aliphatic heterocycles. The van der Waals surface area contributed by atoms with Crippen LogP contribution in [0.4, 0.5) is 0 Å². The average Bonchev–Trinajstić information content (AvgIpc) is 3.41. The van der Waals surface area contributed by atoms with Gasteiger partial charge in [0.15, 0.2) is 5.78 Å². The lowest BCUT2D eigenvalue weighted by Gasteiger charge is -2.40. The maximum Gasteiger partial charge on any atom is 0.333 e. The fraction of sp³-hybridized carbons (Fsp3) is 0.500. The van der Waals surface area contributed by atoms with Gasteiger partial charge >= 0.3 is 29.7 Å². The number of phenols is 1. The number of fused-ring (bicyclic) bond motifs is 3. The molecule has 16 heteroatoms. The van der Waals surface area contributed by atoms with Gasteiger partial charge in [-0.3, -0.25) is 28.8 Å². The zero-order valence-electron chi connectivity index (χ0n) is 34.8. The number of methoxy groups -OCH3 is 2. The summed E-state index contributed by atoms with van der Waals surface area (Å²) in [4.78, 5) is 88.9. The summed E-state index contributed by atoms with van der Waals surface area (Å²) in [5.41, 5.74) is 4.70. The fourth-order valence-electron chi connectivity index (χ4n) is 7.27. The first-order valence-electron chi connectivity index (χ1n) is 18.5. The van der Waals surface area contributed by atoms with Crippen molar-refractivity contribution in [2.45, 2.75) is 99.4 Å². The van der Waals surface area contributed by atoms with Crippen LogP contribution >= 0.6 is 0 Å². The van der Waals surface area contributed by atoms with Gasteiger partial charge in [-0.2, -0.15) is 0 Å². The van der Waals surface area contributed by atoms with Crippen LogP contribution in [0, 0.1) is 30.6 Å². The molecule has 58 heavy (non-hydrogen) atoms. The van der Waals surface area contributed by atoms with Gasteiger partial charge in [-0.05, 0) is 19.9 Å². The van der Waals surface area contributed by atoms with Crippen molar-refractivity contribution in [1.82, 2.24) is 0 Å². The second-order valence-corrected chi connectivity index (χ2v) is 14.6. The quantitative estimate of drug-likeness (QED) is 0.0709. The van der Waals surface area contributed by atoms with Gasteiger partial charge < -0.3 is 44.0 Å². The summed E-state index contributed by atoms with van der Waals surface area (Å²) in [6.45, 7) is 14.9. The fourth-order valence-corrected chi connectivity index (χ4v) is 7.27. The van der Waals surface area contributed by atoms with Crippen molar-refractivity contribution < 1.29 is 71.8 Å². The predicted molar refractivity (Wildman–Crippen MR) is 206 cm³/mol. The number of ketones is 3. The van der Waals surface area contributed by atoms with Crippen LogP contribution in [-0.2, 0) is 47.6 Å². The van der Waals surface area contributed by atoms with Crippen LogP contribution < -0.4 is 10.5 Å². The molecule has 0 fully saturated rings. The SMILES string of the molecule is COC(=O)/C(C)=C\C=C\[C@H](C)[C@H](OC(C)=O)[C@@H](C)[C@@H](OC(C)=O)[C@@H](C)[C@H](OC(C)=O)[C@H](C)[C@H](/C=C/O[C@@]1(C)Oc2c(C)c(O)c3c(c2C1=O)C(=O)C=C(N)C3=O)OC. The summed E-state index contributed by atoms with van der Waals surface area (Å²) < 4.78 is 39.7. The summed E-state index contributed by atoms with van der Waals surface area (Å²) >= 11 is 0. The van der Waals surface area contributed by atoms with Gasteiger partial charge in [0.1, 0.15) is 29.8 Å². The summed E-state index contributed by atoms with van der Waals surface area (Å²) in [6.07, 6.45) is 4.68. The Morgan fingerprint density at radius 3 is 1.88 bits per heavy atom. The number of nitrogens with two attached hydrogens (primary N) is 1. The molecule has 16 nitrogen and oxygen atoms in total. The van der Waals surface area contributed by atoms with E-state index < -0.39 is 106 Å². The second-order valence-electron chi connectivity index (χ2n) is 14.6. The van der Waals surface area contributed by atoms with E-state index in [0.29, 0.717) is 5.57 Å².